The molecule has 2 aromatic rings. The Hall–Kier alpha value is -2.21. The molecule has 1 fully saturated rings. The first-order valence-electron chi connectivity index (χ1n) is 8.24. The lowest BCUT2D eigenvalue weighted by molar-refractivity contribution is 0.0483. The summed E-state index contributed by atoms with van der Waals surface area (Å²) in [6, 6.07) is 7.90. The largest absolute Gasteiger partial charge is 0.396 e. The van der Waals surface area contributed by atoms with Gasteiger partial charge >= 0.3 is 0 Å². The van der Waals surface area contributed by atoms with E-state index in [1.165, 1.54) is 12.1 Å². The molecule has 2 unspecified atom stereocenters. The zero-order valence-corrected chi connectivity index (χ0v) is 13.9. The maximum Gasteiger partial charge on any atom is 0.274 e. The molecule has 24 heavy (non-hydrogen) atoms. The molecule has 1 aromatic heterocycles. The minimum atomic E-state index is -0.308. The summed E-state index contributed by atoms with van der Waals surface area (Å²) in [6.45, 7) is 4.54. The van der Waals surface area contributed by atoms with Crippen LogP contribution in [-0.4, -0.2) is 44.9 Å². The van der Waals surface area contributed by atoms with Crippen LogP contribution in [0.1, 0.15) is 35.9 Å². The lowest BCUT2D eigenvalue weighted by atomic mass is 9.94. The Bertz CT molecular complexity index is 726. The molecule has 1 N–H and O–H groups in total. The zero-order valence-electron chi connectivity index (χ0n) is 13.9. The van der Waals surface area contributed by atoms with Crippen molar-refractivity contribution in [3.05, 3.63) is 47.5 Å². The Balaban J connectivity index is 1.86. The van der Waals surface area contributed by atoms with Gasteiger partial charge in [-0.2, -0.15) is 5.10 Å². The fraction of sp³-hybridized carbons (Fsp3) is 0.444. The molecule has 0 aliphatic carbocycles. The van der Waals surface area contributed by atoms with Crippen LogP contribution in [0.3, 0.4) is 0 Å². The Morgan fingerprint density at radius 2 is 2.04 bits per heavy atom. The fourth-order valence-corrected chi connectivity index (χ4v) is 3.18. The van der Waals surface area contributed by atoms with Crippen LogP contribution in [-0.2, 0) is 0 Å². The first-order chi connectivity index (χ1) is 11.5. The number of nitrogens with zero attached hydrogens (tertiary/aromatic N) is 3. The number of piperidine rings is 1. The van der Waals surface area contributed by atoms with Gasteiger partial charge in [-0.3, -0.25) is 4.79 Å². The van der Waals surface area contributed by atoms with Gasteiger partial charge in [-0.25, -0.2) is 9.07 Å². The lowest BCUT2D eigenvalue weighted by Gasteiger charge is -2.37. The van der Waals surface area contributed by atoms with Crippen LogP contribution in [0.5, 0.6) is 0 Å². The van der Waals surface area contributed by atoms with Gasteiger partial charge in [0.15, 0.2) is 5.69 Å². The smallest absolute Gasteiger partial charge is 0.274 e. The minimum Gasteiger partial charge on any atom is -0.396 e. The van der Waals surface area contributed by atoms with Crippen LogP contribution < -0.4 is 0 Å². The van der Waals surface area contributed by atoms with Gasteiger partial charge in [-0.05, 0) is 62.9 Å². The van der Waals surface area contributed by atoms with E-state index in [1.54, 1.807) is 27.8 Å². The number of carbonyl (C=O) groups is 1. The third kappa shape index (κ3) is 3.19. The molecular formula is C18H22FN3O2. The van der Waals surface area contributed by atoms with Gasteiger partial charge in [0.25, 0.3) is 5.91 Å². The molecule has 1 aliphatic heterocycles. The second-order valence-corrected chi connectivity index (χ2v) is 6.49. The van der Waals surface area contributed by atoms with Gasteiger partial charge in [0, 0.05) is 24.9 Å². The number of benzene rings is 1. The predicted octanol–water partition coefficient (Wildman–Crippen LogP) is 2.55. The topological polar surface area (TPSA) is 58.4 Å². The summed E-state index contributed by atoms with van der Waals surface area (Å²) in [4.78, 5) is 14.6. The van der Waals surface area contributed by atoms with Crippen LogP contribution in [0, 0.1) is 18.7 Å². The number of aryl methyl sites for hydroxylation is 1. The number of rotatable bonds is 3. The van der Waals surface area contributed by atoms with Crippen molar-refractivity contribution in [3.63, 3.8) is 0 Å². The van der Waals surface area contributed by atoms with E-state index >= 15 is 0 Å². The van der Waals surface area contributed by atoms with E-state index in [4.69, 9.17) is 0 Å². The number of hydrogen-bond donors (Lipinski definition) is 1. The summed E-state index contributed by atoms with van der Waals surface area (Å²) in [6.07, 6.45) is 1.82. The van der Waals surface area contributed by atoms with E-state index in [0.29, 0.717) is 17.9 Å². The highest BCUT2D eigenvalue weighted by molar-refractivity contribution is 5.92. The average Bonchev–Trinajstić information content (AvgIpc) is 2.97. The number of amides is 1. The molecule has 1 saturated heterocycles. The molecule has 2 atom stereocenters. The standard InChI is InChI=1S/C18H22FN3O2/c1-12-3-4-14(11-23)10-21(12)18(24)17-9-13(2)22(20-17)16-7-5-15(19)6-8-16/h5-9,12,14,23H,3-4,10-11H2,1-2H3. The van der Waals surface area contributed by atoms with E-state index in [0.717, 1.165) is 18.5 Å². The monoisotopic (exact) mass is 331 g/mol. The summed E-state index contributed by atoms with van der Waals surface area (Å²) in [5.74, 6) is -0.299. The van der Waals surface area contributed by atoms with Gasteiger partial charge < -0.3 is 10.0 Å². The molecule has 1 aliphatic rings. The molecule has 1 aromatic carbocycles. The SMILES string of the molecule is Cc1cc(C(=O)N2CC(CO)CCC2C)nn1-c1ccc(F)cc1. The van der Waals surface area contributed by atoms with Gasteiger partial charge in [-0.15, -0.1) is 0 Å². The summed E-state index contributed by atoms with van der Waals surface area (Å²) in [5.41, 5.74) is 1.91. The molecule has 6 heteroatoms. The molecule has 1 amide bonds. The van der Waals surface area contributed by atoms with Crippen LogP contribution in [0.2, 0.25) is 0 Å². The highest BCUT2D eigenvalue weighted by atomic mass is 19.1. The third-order valence-corrected chi connectivity index (χ3v) is 4.68. The van der Waals surface area contributed by atoms with Gasteiger partial charge in [0.1, 0.15) is 5.82 Å². The Morgan fingerprint density at radius 3 is 2.71 bits per heavy atom. The normalized spacial score (nSPS) is 21.1. The lowest BCUT2D eigenvalue weighted by Crippen LogP contribution is -2.46. The molecule has 3 rings (SSSR count). The first-order valence-corrected chi connectivity index (χ1v) is 8.24. The van der Waals surface area contributed by atoms with E-state index in [-0.39, 0.29) is 30.3 Å². The molecule has 0 spiro atoms. The number of carbonyl (C=O) groups excluding carboxylic acids is 1. The minimum absolute atomic E-state index is 0.0968. The van der Waals surface area contributed by atoms with E-state index in [2.05, 4.69) is 5.10 Å². The van der Waals surface area contributed by atoms with Crippen molar-refractivity contribution in [3.8, 4) is 5.69 Å². The maximum absolute atomic E-state index is 13.1. The van der Waals surface area contributed by atoms with Crippen LogP contribution in [0.25, 0.3) is 5.69 Å². The molecule has 128 valence electrons. The number of aromatic nitrogens is 2. The number of likely N-dealkylation sites (tertiary alicyclic amines) is 1. The predicted molar refractivity (Wildman–Crippen MR) is 88.6 cm³/mol. The summed E-state index contributed by atoms with van der Waals surface area (Å²) in [5, 5.41) is 13.8. The van der Waals surface area contributed by atoms with Crippen molar-refractivity contribution in [2.75, 3.05) is 13.2 Å². The maximum atomic E-state index is 13.1. The van der Waals surface area contributed by atoms with Crippen LogP contribution >= 0.6 is 0 Å². The van der Waals surface area contributed by atoms with E-state index in [9.17, 15) is 14.3 Å². The second-order valence-electron chi connectivity index (χ2n) is 6.49. The van der Waals surface area contributed by atoms with Gasteiger partial charge in [-0.1, -0.05) is 0 Å². The Morgan fingerprint density at radius 1 is 1.33 bits per heavy atom. The molecular weight excluding hydrogens is 309 g/mol. The highest BCUT2D eigenvalue weighted by Crippen LogP contribution is 2.24. The van der Waals surface area contributed by atoms with Crippen molar-refractivity contribution >= 4 is 5.91 Å². The Kier molecular flexibility index (Phi) is 4.66. The van der Waals surface area contributed by atoms with Crippen molar-refractivity contribution in [2.45, 2.75) is 32.7 Å². The number of aliphatic hydroxyl groups excluding tert-OH is 1. The molecule has 5 nitrogen and oxygen atoms in total. The zero-order chi connectivity index (χ0) is 17.3. The average molecular weight is 331 g/mol. The molecule has 0 saturated carbocycles. The van der Waals surface area contributed by atoms with Gasteiger partial charge in [0.2, 0.25) is 0 Å². The first kappa shape index (κ1) is 16.6. The molecule has 2 heterocycles. The van der Waals surface area contributed by atoms with Gasteiger partial charge in [0.05, 0.1) is 5.69 Å². The summed E-state index contributed by atoms with van der Waals surface area (Å²) in [7, 11) is 0. The number of aliphatic hydroxyl groups is 1. The van der Waals surface area contributed by atoms with Crippen molar-refractivity contribution in [1.82, 2.24) is 14.7 Å². The number of halogens is 1. The summed E-state index contributed by atoms with van der Waals surface area (Å²) < 4.78 is 14.7. The summed E-state index contributed by atoms with van der Waals surface area (Å²) >= 11 is 0. The number of hydrogen-bond acceptors (Lipinski definition) is 3. The van der Waals surface area contributed by atoms with Crippen molar-refractivity contribution in [1.29, 1.82) is 0 Å². The Labute approximate surface area is 140 Å². The third-order valence-electron chi connectivity index (χ3n) is 4.68. The van der Waals surface area contributed by atoms with Crippen molar-refractivity contribution < 1.29 is 14.3 Å². The quantitative estimate of drug-likeness (QED) is 0.940. The molecule has 0 bridgehead atoms. The van der Waals surface area contributed by atoms with Crippen molar-refractivity contribution in [2.24, 2.45) is 5.92 Å². The van der Waals surface area contributed by atoms with Crippen LogP contribution in [0.15, 0.2) is 30.3 Å². The fourth-order valence-electron chi connectivity index (χ4n) is 3.18. The second kappa shape index (κ2) is 6.73. The van der Waals surface area contributed by atoms with E-state index < -0.39 is 0 Å². The highest BCUT2D eigenvalue weighted by Gasteiger charge is 2.30. The van der Waals surface area contributed by atoms with E-state index in [1.807, 2.05) is 13.8 Å². The van der Waals surface area contributed by atoms with Crippen LogP contribution in [0.4, 0.5) is 4.39 Å². The molecule has 0 radical (unpaired) electrons.